The maximum absolute atomic E-state index is 13.0. The molecule has 3 aliphatic rings. The Balaban J connectivity index is 1.37. The molecule has 6 heterocycles. The lowest BCUT2D eigenvalue weighted by Gasteiger charge is -2.36. The highest BCUT2D eigenvalue weighted by Crippen LogP contribution is 2.45. The number of benzene rings is 1. The zero-order valence-corrected chi connectivity index (χ0v) is 29.0. The van der Waals surface area contributed by atoms with Gasteiger partial charge in [-0.3, -0.25) is 4.90 Å². The van der Waals surface area contributed by atoms with Gasteiger partial charge < -0.3 is 28.8 Å². The number of rotatable bonds is 7. The molecule has 2 fully saturated rings. The van der Waals surface area contributed by atoms with Crippen molar-refractivity contribution in [3.05, 3.63) is 58.9 Å². The Bertz CT molecular complexity index is 1860. The minimum atomic E-state index is -1.20. The first-order valence-corrected chi connectivity index (χ1v) is 17.2. The van der Waals surface area contributed by atoms with Crippen LogP contribution < -0.4 is 9.64 Å². The molecule has 4 aromatic rings. The largest absolute Gasteiger partial charge is 0.493 e. The highest BCUT2D eigenvalue weighted by atomic mass is 16.5. The third-order valence-electron chi connectivity index (χ3n) is 10.0. The summed E-state index contributed by atoms with van der Waals surface area (Å²) in [5.74, 6) is 0.831. The normalized spacial score (nSPS) is 18.2. The minimum absolute atomic E-state index is 0.538. The molecule has 0 aliphatic carbocycles. The summed E-state index contributed by atoms with van der Waals surface area (Å²) in [6, 6.07) is 11.0. The van der Waals surface area contributed by atoms with Crippen molar-refractivity contribution in [2.24, 2.45) is 7.05 Å². The number of aryl methyl sites for hydroxylation is 2. The molecule has 2 saturated heterocycles. The van der Waals surface area contributed by atoms with Crippen LogP contribution in [0.25, 0.3) is 33.4 Å². The zero-order valence-electron chi connectivity index (χ0n) is 29.0. The van der Waals surface area contributed by atoms with Crippen LogP contribution in [-0.2, 0) is 27.7 Å². The molecule has 0 bridgehead atoms. The van der Waals surface area contributed by atoms with E-state index in [9.17, 15) is 9.90 Å². The van der Waals surface area contributed by atoms with Crippen LogP contribution >= 0.6 is 0 Å². The number of fused-ring (bicyclic) bond motifs is 2. The summed E-state index contributed by atoms with van der Waals surface area (Å²) in [5.41, 5.74) is 7.45. The van der Waals surface area contributed by atoms with E-state index in [1.54, 1.807) is 0 Å². The quantitative estimate of drug-likeness (QED) is 0.254. The van der Waals surface area contributed by atoms with Crippen molar-refractivity contribution in [3.8, 4) is 28.1 Å². The molecule has 0 saturated carbocycles. The lowest BCUT2D eigenvalue weighted by Crippen LogP contribution is -2.50. The van der Waals surface area contributed by atoms with E-state index in [1.165, 1.54) is 5.56 Å². The Kier molecular flexibility index (Phi) is 8.68. The van der Waals surface area contributed by atoms with Crippen LogP contribution in [0.1, 0.15) is 62.1 Å². The Hall–Kier alpha value is -3.99. The molecule has 10 nitrogen and oxygen atoms in total. The first kappa shape index (κ1) is 32.6. The first-order chi connectivity index (χ1) is 23.0. The van der Waals surface area contributed by atoms with Gasteiger partial charge in [0.25, 0.3) is 0 Å². The van der Waals surface area contributed by atoms with Crippen LogP contribution in [0.2, 0.25) is 0 Å². The molecule has 1 atom stereocenters. The lowest BCUT2D eigenvalue weighted by atomic mass is 9.87. The Morgan fingerprint density at radius 1 is 1.06 bits per heavy atom. The summed E-state index contributed by atoms with van der Waals surface area (Å²) >= 11 is 0. The van der Waals surface area contributed by atoms with E-state index in [1.807, 2.05) is 53.1 Å². The third kappa shape index (κ3) is 6.06. The van der Waals surface area contributed by atoms with Crippen LogP contribution in [0.15, 0.2) is 36.5 Å². The summed E-state index contributed by atoms with van der Waals surface area (Å²) in [4.78, 5) is 27.8. The number of hydrogen-bond donors (Lipinski definition) is 1. The number of carboxylic acid groups (broad SMARTS) is 1. The molecular weight excluding hydrogens is 606 g/mol. The van der Waals surface area contributed by atoms with Gasteiger partial charge in [0.05, 0.1) is 37.2 Å². The molecule has 0 amide bonds. The molecule has 3 aromatic heterocycles. The van der Waals surface area contributed by atoms with Gasteiger partial charge in [0, 0.05) is 67.2 Å². The first-order valence-electron chi connectivity index (χ1n) is 17.2. The van der Waals surface area contributed by atoms with Crippen molar-refractivity contribution < 1.29 is 24.1 Å². The minimum Gasteiger partial charge on any atom is -0.493 e. The Morgan fingerprint density at radius 3 is 2.60 bits per heavy atom. The molecule has 48 heavy (non-hydrogen) atoms. The lowest BCUT2D eigenvalue weighted by molar-refractivity contribution is -0.160. The molecule has 0 radical (unpaired) electrons. The second kappa shape index (κ2) is 12.8. The van der Waals surface area contributed by atoms with Gasteiger partial charge in [0.1, 0.15) is 17.2 Å². The number of aliphatic carboxylic acids is 1. The van der Waals surface area contributed by atoms with Crippen molar-refractivity contribution in [2.45, 2.75) is 71.6 Å². The van der Waals surface area contributed by atoms with E-state index in [0.29, 0.717) is 23.9 Å². The molecule has 254 valence electrons. The molecule has 1 aromatic carbocycles. The number of pyridine rings is 2. The van der Waals surface area contributed by atoms with Gasteiger partial charge in [0.15, 0.2) is 6.10 Å². The van der Waals surface area contributed by atoms with Crippen LogP contribution in [0.5, 0.6) is 5.75 Å². The fourth-order valence-corrected chi connectivity index (χ4v) is 7.53. The van der Waals surface area contributed by atoms with E-state index in [4.69, 9.17) is 24.2 Å². The smallest absolute Gasteiger partial charge is 0.337 e. The summed E-state index contributed by atoms with van der Waals surface area (Å²) < 4.78 is 19.9. The molecule has 10 heteroatoms. The monoisotopic (exact) mass is 653 g/mol. The van der Waals surface area contributed by atoms with Crippen molar-refractivity contribution in [3.63, 3.8) is 0 Å². The topological polar surface area (TPSA) is 102 Å². The molecule has 0 spiro atoms. The summed E-state index contributed by atoms with van der Waals surface area (Å²) in [7, 11) is 2.03. The Morgan fingerprint density at radius 2 is 1.88 bits per heavy atom. The highest BCUT2D eigenvalue weighted by Gasteiger charge is 2.34. The van der Waals surface area contributed by atoms with Crippen LogP contribution in [0.3, 0.4) is 0 Å². The number of carboxylic acids is 1. The fraction of sp³-hybridized carbons (Fsp3) is 0.500. The molecule has 1 N–H and O–H groups in total. The van der Waals surface area contributed by atoms with Gasteiger partial charge in [-0.1, -0.05) is 6.07 Å². The number of hydrogen-bond acceptors (Lipinski definition) is 8. The number of aromatic nitrogens is 3. The second-order valence-corrected chi connectivity index (χ2v) is 14.4. The number of nitrogens with zero attached hydrogens (tertiary/aromatic N) is 5. The summed E-state index contributed by atoms with van der Waals surface area (Å²) in [5, 5.41) is 11.5. The van der Waals surface area contributed by atoms with Gasteiger partial charge in [-0.25, -0.2) is 14.8 Å². The van der Waals surface area contributed by atoms with Crippen molar-refractivity contribution in [1.82, 2.24) is 19.4 Å². The van der Waals surface area contributed by atoms with Gasteiger partial charge in [-0.2, -0.15) is 0 Å². The predicted octanol–water partition coefficient (Wildman–Crippen LogP) is 6.10. The summed E-state index contributed by atoms with van der Waals surface area (Å²) in [6.45, 7) is 16.0. The van der Waals surface area contributed by atoms with E-state index < -0.39 is 17.7 Å². The maximum Gasteiger partial charge on any atom is 0.337 e. The van der Waals surface area contributed by atoms with Gasteiger partial charge in [-0.15, -0.1) is 0 Å². The number of ether oxygens (including phenoxy) is 3. The highest BCUT2D eigenvalue weighted by molar-refractivity contribution is 6.01. The van der Waals surface area contributed by atoms with E-state index >= 15 is 0 Å². The Labute approximate surface area is 282 Å². The van der Waals surface area contributed by atoms with E-state index in [-0.39, 0.29) is 0 Å². The number of anilines is 1. The van der Waals surface area contributed by atoms with Gasteiger partial charge >= 0.3 is 5.97 Å². The van der Waals surface area contributed by atoms with Crippen molar-refractivity contribution in [2.75, 3.05) is 50.9 Å². The van der Waals surface area contributed by atoms with Crippen molar-refractivity contribution >= 4 is 22.8 Å². The average molecular weight is 654 g/mol. The van der Waals surface area contributed by atoms with Crippen LogP contribution in [0, 0.1) is 13.8 Å². The molecule has 0 unspecified atom stereocenters. The fourth-order valence-electron chi connectivity index (χ4n) is 7.53. The second-order valence-electron chi connectivity index (χ2n) is 14.4. The predicted molar refractivity (Wildman–Crippen MR) is 187 cm³/mol. The molecular formula is C38H47N5O5. The van der Waals surface area contributed by atoms with Crippen LogP contribution in [0.4, 0.5) is 5.82 Å². The molecule has 7 rings (SSSR count). The maximum atomic E-state index is 13.0. The third-order valence-corrected chi connectivity index (χ3v) is 10.0. The van der Waals surface area contributed by atoms with E-state index in [2.05, 4.69) is 39.5 Å². The van der Waals surface area contributed by atoms with Gasteiger partial charge in [-0.05, 0) is 94.8 Å². The van der Waals surface area contributed by atoms with Crippen molar-refractivity contribution in [1.29, 1.82) is 0 Å². The average Bonchev–Trinajstić information content (AvgIpc) is 3.17. The zero-order chi connectivity index (χ0) is 33.7. The SMILES string of the molecule is Cc1nc2c(cc(-c3ccnc(N4CCCN(C5COC5)CC4)c3)n2C)c(-c2ccc3c(c2C)CCCO3)c1[C@H](OC(C)(C)C)C(=O)O. The molecule has 3 aliphatic heterocycles. The number of carbonyl (C=O) groups is 1. The summed E-state index contributed by atoms with van der Waals surface area (Å²) in [6.07, 6.45) is 3.64. The van der Waals surface area contributed by atoms with Crippen LogP contribution in [-0.4, -0.2) is 88.2 Å². The van der Waals surface area contributed by atoms with Gasteiger partial charge in [0.2, 0.25) is 0 Å². The van der Waals surface area contributed by atoms with E-state index in [0.717, 1.165) is 109 Å². The standard InChI is InChI=1S/C38H47N5O5/c1-23-27-9-7-18-47-31(27)11-10-28(23)34-29-20-30(41(6)36(29)40-24(2)33(34)35(37(44)45)48-38(3,4)5)25-12-13-39-32(19-25)43-15-8-14-42(16-17-43)26-21-46-22-26/h10-13,19-20,26,35H,7-9,14-18,21-22H2,1-6H3,(H,44,45)/t35-/m0/s1.